The summed E-state index contributed by atoms with van der Waals surface area (Å²) in [5.41, 5.74) is 2.00. The summed E-state index contributed by atoms with van der Waals surface area (Å²) in [4.78, 5) is 23.7. The van der Waals surface area contributed by atoms with Crippen molar-refractivity contribution in [3.63, 3.8) is 0 Å². The van der Waals surface area contributed by atoms with Gasteiger partial charge in [-0.1, -0.05) is 24.3 Å². The summed E-state index contributed by atoms with van der Waals surface area (Å²) >= 11 is 0. The fraction of sp³-hybridized carbons (Fsp3) is 0.0625. The molecule has 0 radical (unpaired) electrons. The number of hydrogen-bond donors (Lipinski definition) is 2. The molecule has 2 aromatic rings. The average molecular weight is 279 g/mol. The minimum atomic E-state index is -0.675. The van der Waals surface area contributed by atoms with Gasteiger partial charge < -0.3 is 5.32 Å². The van der Waals surface area contributed by atoms with E-state index in [4.69, 9.17) is 5.26 Å². The molecular weight excluding hydrogens is 266 g/mol. The Morgan fingerprint density at radius 2 is 1.81 bits per heavy atom. The van der Waals surface area contributed by atoms with Gasteiger partial charge in [0.15, 0.2) is 0 Å². The van der Waals surface area contributed by atoms with E-state index in [1.165, 1.54) is 0 Å². The third-order valence-corrected chi connectivity index (χ3v) is 2.81. The Balaban J connectivity index is 2.08. The van der Waals surface area contributed by atoms with Gasteiger partial charge in [0.05, 0.1) is 11.3 Å². The molecule has 2 aromatic carbocycles. The van der Waals surface area contributed by atoms with Crippen LogP contribution in [0.25, 0.3) is 0 Å². The molecule has 0 unspecified atom stereocenters. The van der Waals surface area contributed by atoms with Gasteiger partial charge in [0, 0.05) is 5.56 Å². The maximum absolute atomic E-state index is 11.8. The molecule has 0 heterocycles. The van der Waals surface area contributed by atoms with Crippen molar-refractivity contribution in [3.05, 3.63) is 65.2 Å². The second-order valence-corrected chi connectivity index (χ2v) is 4.44. The molecule has 2 N–H and O–H groups in total. The van der Waals surface area contributed by atoms with Crippen LogP contribution in [0.5, 0.6) is 0 Å². The molecule has 0 fully saturated rings. The number of amides is 3. The van der Waals surface area contributed by atoms with Crippen LogP contribution in [0.15, 0.2) is 48.5 Å². The number of benzene rings is 2. The first-order chi connectivity index (χ1) is 10.1. The monoisotopic (exact) mass is 279 g/mol. The van der Waals surface area contributed by atoms with Crippen LogP contribution in [0.2, 0.25) is 0 Å². The van der Waals surface area contributed by atoms with Crippen molar-refractivity contribution in [2.24, 2.45) is 0 Å². The van der Waals surface area contributed by atoms with Crippen LogP contribution in [-0.2, 0) is 0 Å². The van der Waals surface area contributed by atoms with Crippen molar-refractivity contribution < 1.29 is 9.59 Å². The summed E-state index contributed by atoms with van der Waals surface area (Å²) < 4.78 is 0. The third-order valence-electron chi connectivity index (χ3n) is 2.81. The lowest BCUT2D eigenvalue weighted by molar-refractivity contribution is 0.0967. The van der Waals surface area contributed by atoms with Gasteiger partial charge in [-0.15, -0.1) is 0 Å². The quantitative estimate of drug-likeness (QED) is 0.886. The van der Waals surface area contributed by atoms with Crippen molar-refractivity contribution in [2.45, 2.75) is 6.92 Å². The lowest BCUT2D eigenvalue weighted by Crippen LogP contribution is -2.34. The predicted molar refractivity (Wildman–Crippen MR) is 78.8 cm³/mol. The summed E-state index contributed by atoms with van der Waals surface area (Å²) in [5.74, 6) is -0.501. The zero-order valence-corrected chi connectivity index (χ0v) is 11.4. The van der Waals surface area contributed by atoms with Gasteiger partial charge in [0.1, 0.15) is 6.07 Å². The van der Waals surface area contributed by atoms with E-state index in [0.717, 1.165) is 5.56 Å². The summed E-state index contributed by atoms with van der Waals surface area (Å²) in [6.07, 6.45) is 0. The third kappa shape index (κ3) is 3.67. The largest absolute Gasteiger partial charge is 0.326 e. The summed E-state index contributed by atoms with van der Waals surface area (Å²) in [7, 11) is 0. The fourth-order valence-corrected chi connectivity index (χ4v) is 1.78. The van der Waals surface area contributed by atoms with Gasteiger partial charge in [0.25, 0.3) is 5.91 Å². The number of urea groups is 1. The number of nitrogens with one attached hydrogen (secondary N) is 2. The van der Waals surface area contributed by atoms with E-state index in [1.807, 2.05) is 13.0 Å². The van der Waals surface area contributed by atoms with Gasteiger partial charge in [-0.05, 0) is 36.8 Å². The maximum Gasteiger partial charge on any atom is 0.326 e. The van der Waals surface area contributed by atoms with Gasteiger partial charge in [-0.3, -0.25) is 10.1 Å². The van der Waals surface area contributed by atoms with Crippen LogP contribution < -0.4 is 10.6 Å². The smallest absolute Gasteiger partial charge is 0.306 e. The fourth-order valence-electron chi connectivity index (χ4n) is 1.78. The highest BCUT2D eigenvalue weighted by atomic mass is 16.2. The predicted octanol–water partition coefficient (Wildman–Crippen LogP) is 2.83. The van der Waals surface area contributed by atoms with Crippen molar-refractivity contribution in [2.75, 3.05) is 5.32 Å². The van der Waals surface area contributed by atoms with Gasteiger partial charge in [-0.25, -0.2) is 4.79 Å². The molecule has 0 aliphatic heterocycles. The Morgan fingerprint density at radius 3 is 2.48 bits per heavy atom. The van der Waals surface area contributed by atoms with E-state index in [9.17, 15) is 9.59 Å². The van der Waals surface area contributed by atoms with Crippen LogP contribution in [0, 0.1) is 18.3 Å². The molecule has 0 spiro atoms. The van der Waals surface area contributed by atoms with Gasteiger partial charge >= 0.3 is 6.03 Å². The van der Waals surface area contributed by atoms with Crippen LogP contribution in [-0.4, -0.2) is 11.9 Å². The van der Waals surface area contributed by atoms with Gasteiger partial charge in [-0.2, -0.15) is 5.26 Å². The van der Waals surface area contributed by atoms with Crippen molar-refractivity contribution in [3.8, 4) is 6.07 Å². The molecule has 0 aliphatic carbocycles. The number of hydrogen-bond acceptors (Lipinski definition) is 3. The van der Waals surface area contributed by atoms with Crippen molar-refractivity contribution in [1.82, 2.24) is 5.32 Å². The first-order valence-electron chi connectivity index (χ1n) is 6.28. The highest BCUT2D eigenvalue weighted by molar-refractivity contribution is 6.08. The van der Waals surface area contributed by atoms with Crippen molar-refractivity contribution >= 4 is 17.6 Å². The van der Waals surface area contributed by atoms with Crippen LogP contribution >= 0.6 is 0 Å². The Morgan fingerprint density at radius 1 is 1.10 bits per heavy atom. The number of carbonyl (C=O) groups excluding carboxylic acids is 2. The molecular formula is C16H13N3O2. The minimum absolute atomic E-state index is 0.336. The SMILES string of the molecule is Cc1ccc(C#N)c(NC(=O)NC(=O)c2ccccc2)c1. The van der Waals surface area contributed by atoms with E-state index in [-0.39, 0.29) is 0 Å². The zero-order chi connectivity index (χ0) is 15.2. The summed E-state index contributed by atoms with van der Waals surface area (Å²) in [5, 5.41) is 13.7. The summed E-state index contributed by atoms with van der Waals surface area (Å²) in [6, 6.07) is 14.8. The highest BCUT2D eigenvalue weighted by Crippen LogP contribution is 2.16. The number of nitriles is 1. The Bertz CT molecular complexity index is 718. The Kier molecular flexibility index (Phi) is 4.32. The van der Waals surface area contributed by atoms with E-state index in [1.54, 1.807) is 48.5 Å². The maximum atomic E-state index is 11.8. The number of anilines is 1. The molecule has 5 nitrogen and oxygen atoms in total. The van der Waals surface area contributed by atoms with E-state index >= 15 is 0 Å². The number of aryl methyl sites for hydroxylation is 1. The molecule has 0 aromatic heterocycles. The van der Waals surface area contributed by atoms with Gasteiger partial charge in [0.2, 0.25) is 0 Å². The molecule has 0 aliphatic rings. The van der Waals surface area contributed by atoms with E-state index < -0.39 is 11.9 Å². The average Bonchev–Trinajstić information content (AvgIpc) is 2.48. The zero-order valence-electron chi connectivity index (χ0n) is 11.4. The molecule has 5 heteroatoms. The minimum Gasteiger partial charge on any atom is -0.306 e. The van der Waals surface area contributed by atoms with Crippen LogP contribution in [0.1, 0.15) is 21.5 Å². The first kappa shape index (κ1) is 14.3. The molecule has 3 amide bonds. The van der Waals surface area contributed by atoms with Crippen LogP contribution in [0.4, 0.5) is 10.5 Å². The van der Waals surface area contributed by atoms with E-state index in [0.29, 0.717) is 16.8 Å². The number of carbonyl (C=O) groups is 2. The standard InChI is InChI=1S/C16H13N3O2/c1-11-7-8-13(10-17)14(9-11)18-16(21)19-15(20)12-5-3-2-4-6-12/h2-9H,1H3,(H2,18,19,20,21). The number of rotatable bonds is 2. The molecule has 0 atom stereocenters. The topological polar surface area (TPSA) is 82.0 Å². The first-order valence-corrected chi connectivity index (χ1v) is 6.28. The number of nitrogens with zero attached hydrogens (tertiary/aromatic N) is 1. The molecule has 21 heavy (non-hydrogen) atoms. The summed E-state index contributed by atoms with van der Waals surface area (Å²) in [6.45, 7) is 1.85. The van der Waals surface area contributed by atoms with Crippen molar-refractivity contribution in [1.29, 1.82) is 5.26 Å². The molecule has 0 saturated carbocycles. The Labute approximate surface area is 122 Å². The lowest BCUT2D eigenvalue weighted by atomic mass is 10.1. The normalized spacial score (nSPS) is 9.52. The molecule has 0 bridgehead atoms. The van der Waals surface area contributed by atoms with E-state index in [2.05, 4.69) is 10.6 Å². The van der Waals surface area contributed by atoms with Crippen LogP contribution in [0.3, 0.4) is 0 Å². The molecule has 0 saturated heterocycles. The highest BCUT2D eigenvalue weighted by Gasteiger charge is 2.11. The number of imide groups is 1. The molecule has 2 rings (SSSR count). The second kappa shape index (κ2) is 6.35. The lowest BCUT2D eigenvalue weighted by Gasteiger charge is -2.09. The Hall–Kier alpha value is -3.13. The molecule has 104 valence electrons. The second-order valence-electron chi connectivity index (χ2n) is 4.44.